The lowest BCUT2D eigenvalue weighted by Gasteiger charge is -2.26. The van der Waals surface area contributed by atoms with Gasteiger partial charge in [-0.25, -0.2) is 9.67 Å². The Morgan fingerprint density at radius 2 is 1.81 bits per heavy atom. The molecule has 1 amide bonds. The molecule has 1 aromatic heterocycles. The van der Waals surface area contributed by atoms with Crippen molar-refractivity contribution >= 4 is 5.91 Å². The van der Waals surface area contributed by atoms with Crippen LogP contribution in [0.4, 0.5) is 0 Å². The Balaban J connectivity index is 1.64. The van der Waals surface area contributed by atoms with Crippen molar-refractivity contribution in [3.63, 3.8) is 0 Å². The van der Waals surface area contributed by atoms with Gasteiger partial charge in [0.2, 0.25) is 0 Å². The average Bonchev–Trinajstić information content (AvgIpc) is 3.21. The number of nitrogens with zero attached hydrogens (tertiary/aromatic N) is 4. The maximum atomic E-state index is 12.6. The molecule has 0 radical (unpaired) electrons. The Labute approximate surface area is 159 Å². The van der Waals surface area contributed by atoms with Gasteiger partial charge >= 0.3 is 0 Å². The molecule has 6 heteroatoms. The lowest BCUT2D eigenvalue weighted by Crippen LogP contribution is -2.33. The van der Waals surface area contributed by atoms with Crippen LogP contribution in [0.3, 0.4) is 0 Å². The first-order valence-electron chi connectivity index (χ1n) is 8.87. The summed E-state index contributed by atoms with van der Waals surface area (Å²) in [6, 6.07) is 13.8. The number of rotatable bonds is 6. The van der Waals surface area contributed by atoms with Crippen LogP contribution in [0.1, 0.15) is 29.7 Å². The molecule has 0 saturated carbocycles. The third-order valence-corrected chi connectivity index (χ3v) is 4.78. The Bertz CT molecular complexity index is 884. The molecule has 3 rings (SSSR count). The van der Waals surface area contributed by atoms with Crippen molar-refractivity contribution in [2.75, 3.05) is 13.7 Å². The minimum atomic E-state index is -0.0659. The first-order valence-corrected chi connectivity index (χ1v) is 8.87. The second kappa shape index (κ2) is 8.03. The van der Waals surface area contributed by atoms with Gasteiger partial charge in [0, 0.05) is 7.05 Å². The number of aromatic nitrogens is 3. The van der Waals surface area contributed by atoms with Crippen LogP contribution < -0.4 is 4.74 Å². The molecule has 1 heterocycles. The van der Waals surface area contributed by atoms with Crippen molar-refractivity contribution in [1.29, 1.82) is 0 Å². The fourth-order valence-corrected chi connectivity index (χ4v) is 2.95. The van der Waals surface area contributed by atoms with E-state index in [-0.39, 0.29) is 18.6 Å². The van der Waals surface area contributed by atoms with Crippen LogP contribution >= 0.6 is 0 Å². The summed E-state index contributed by atoms with van der Waals surface area (Å²) in [6.45, 7) is 5.98. The molecular weight excluding hydrogens is 340 g/mol. The Morgan fingerprint density at radius 1 is 1.15 bits per heavy atom. The van der Waals surface area contributed by atoms with Gasteiger partial charge in [0.05, 0.1) is 11.7 Å². The van der Waals surface area contributed by atoms with E-state index >= 15 is 0 Å². The third kappa shape index (κ3) is 4.16. The van der Waals surface area contributed by atoms with Crippen LogP contribution in [0.2, 0.25) is 0 Å². The van der Waals surface area contributed by atoms with E-state index in [0.29, 0.717) is 0 Å². The van der Waals surface area contributed by atoms with E-state index in [0.717, 1.165) is 28.1 Å². The van der Waals surface area contributed by atoms with Crippen LogP contribution in [-0.4, -0.2) is 39.2 Å². The molecule has 0 aliphatic heterocycles. The predicted molar refractivity (Wildman–Crippen MR) is 104 cm³/mol. The van der Waals surface area contributed by atoms with Crippen LogP contribution in [0.15, 0.2) is 55.1 Å². The maximum Gasteiger partial charge on any atom is 0.260 e. The average molecular weight is 364 g/mol. The molecule has 0 aliphatic rings. The number of benzene rings is 2. The van der Waals surface area contributed by atoms with E-state index < -0.39 is 0 Å². The molecule has 0 bridgehead atoms. The van der Waals surface area contributed by atoms with Crippen LogP contribution in [0.25, 0.3) is 5.69 Å². The number of hydrogen-bond donors (Lipinski definition) is 0. The van der Waals surface area contributed by atoms with E-state index in [2.05, 4.69) is 10.1 Å². The third-order valence-electron chi connectivity index (χ3n) is 4.78. The Morgan fingerprint density at radius 3 is 2.41 bits per heavy atom. The van der Waals surface area contributed by atoms with Crippen molar-refractivity contribution in [3.8, 4) is 11.4 Å². The number of amides is 1. The van der Waals surface area contributed by atoms with Gasteiger partial charge in [-0.2, -0.15) is 5.10 Å². The number of aryl methyl sites for hydroxylation is 2. The molecule has 3 aromatic rings. The normalized spacial score (nSPS) is 11.9. The SMILES string of the molecule is Cc1cccc(C)c1OCC(=O)N(C)C(C)c1ccc(-n2cncn2)cc1. The number of likely N-dealkylation sites (N-methyl/N-ethyl adjacent to an activating group) is 1. The molecule has 0 N–H and O–H groups in total. The summed E-state index contributed by atoms with van der Waals surface area (Å²) in [6.07, 6.45) is 3.15. The molecule has 0 spiro atoms. The lowest BCUT2D eigenvalue weighted by molar-refractivity contribution is -0.134. The van der Waals surface area contributed by atoms with Gasteiger partial charge < -0.3 is 9.64 Å². The maximum absolute atomic E-state index is 12.6. The fraction of sp³-hybridized carbons (Fsp3) is 0.286. The van der Waals surface area contributed by atoms with E-state index in [1.54, 1.807) is 23.0 Å². The highest BCUT2D eigenvalue weighted by atomic mass is 16.5. The zero-order valence-electron chi connectivity index (χ0n) is 16.1. The molecule has 1 atom stereocenters. The van der Waals surface area contributed by atoms with Crippen molar-refractivity contribution in [1.82, 2.24) is 19.7 Å². The van der Waals surface area contributed by atoms with Gasteiger partial charge in [-0.1, -0.05) is 30.3 Å². The van der Waals surface area contributed by atoms with E-state index in [9.17, 15) is 4.79 Å². The van der Waals surface area contributed by atoms with E-state index in [4.69, 9.17) is 4.74 Å². The van der Waals surface area contributed by atoms with Gasteiger partial charge in [-0.15, -0.1) is 0 Å². The summed E-state index contributed by atoms with van der Waals surface area (Å²) in [5.74, 6) is 0.717. The van der Waals surface area contributed by atoms with Crippen molar-refractivity contribution in [3.05, 3.63) is 71.8 Å². The molecule has 0 saturated heterocycles. The van der Waals surface area contributed by atoms with Crippen molar-refractivity contribution < 1.29 is 9.53 Å². The highest BCUT2D eigenvalue weighted by molar-refractivity contribution is 5.78. The van der Waals surface area contributed by atoms with Gasteiger partial charge in [-0.05, 0) is 49.6 Å². The van der Waals surface area contributed by atoms with Gasteiger partial charge in [0.1, 0.15) is 18.4 Å². The minimum absolute atomic E-state index is 0.0174. The molecule has 140 valence electrons. The topological polar surface area (TPSA) is 60.2 Å². The van der Waals surface area contributed by atoms with Crippen LogP contribution in [-0.2, 0) is 4.79 Å². The molecule has 0 fully saturated rings. The highest BCUT2D eigenvalue weighted by Crippen LogP contribution is 2.23. The van der Waals surface area contributed by atoms with Gasteiger partial charge in [0.25, 0.3) is 5.91 Å². The van der Waals surface area contributed by atoms with Crippen LogP contribution in [0, 0.1) is 13.8 Å². The van der Waals surface area contributed by atoms with E-state index in [1.807, 2.05) is 63.2 Å². The molecular formula is C21H24N4O2. The number of para-hydroxylation sites is 1. The highest BCUT2D eigenvalue weighted by Gasteiger charge is 2.18. The second-order valence-corrected chi connectivity index (χ2v) is 6.62. The lowest BCUT2D eigenvalue weighted by atomic mass is 10.1. The number of carbonyl (C=O) groups excluding carboxylic acids is 1. The summed E-state index contributed by atoms with van der Waals surface area (Å²) in [7, 11) is 1.80. The molecule has 1 unspecified atom stereocenters. The number of carbonyl (C=O) groups is 1. The summed E-state index contributed by atoms with van der Waals surface area (Å²) >= 11 is 0. The molecule has 0 aliphatic carbocycles. The summed E-state index contributed by atoms with van der Waals surface area (Å²) < 4.78 is 7.49. The Hall–Kier alpha value is -3.15. The standard InChI is InChI=1S/C21H24N4O2/c1-15-6-5-7-16(2)21(15)27-12-20(26)24(4)17(3)18-8-10-19(11-9-18)25-14-22-13-23-25/h5-11,13-14,17H,12H2,1-4H3. The quantitative estimate of drug-likeness (QED) is 0.672. The summed E-state index contributed by atoms with van der Waals surface area (Å²) in [5.41, 5.74) is 4.03. The zero-order chi connectivity index (χ0) is 19.4. The Kier molecular flexibility index (Phi) is 5.54. The predicted octanol–water partition coefficient (Wildman–Crippen LogP) is 3.48. The smallest absolute Gasteiger partial charge is 0.260 e. The van der Waals surface area contributed by atoms with E-state index in [1.165, 1.54) is 6.33 Å². The molecule has 2 aromatic carbocycles. The van der Waals surface area contributed by atoms with Gasteiger partial charge in [0.15, 0.2) is 6.61 Å². The minimum Gasteiger partial charge on any atom is -0.483 e. The van der Waals surface area contributed by atoms with Crippen molar-refractivity contribution in [2.45, 2.75) is 26.8 Å². The first kappa shape index (κ1) is 18.6. The van der Waals surface area contributed by atoms with Crippen molar-refractivity contribution in [2.24, 2.45) is 0 Å². The van der Waals surface area contributed by atoms with Crippen LogP contribution in [0.5, 0.6) is 5.75 Å². The fourth-order valence-electron chi connectivity index (χ4n) is 2.95. The zero-order valence-corrected chi connectivity index (χ0v) is 16.1. The summed E-state index contributed by atoms with van der Waals surface area (Å²) in [5, 5.41) is 4.12. The first-order chi connectivity index (χ1) is 13.0. The summed E-state index contributed by atoms with van der Waals surface area (Å²) in [4.78, 5) is 18.2. The van der Waals surface area contributed by atoms with Gasteiger partial charge in [-0.3, -0.25) is 4.79 Å². The molecule has 27 heavy (non-hydrogen) atoms. The monoisotopic (exact) mass is 364 g/mol. The molecule has 6 nitrogen and oxygen atoms in total. The second-order valence-electron chi connectivity index (χ2n) is 6.62. The number of ether oxygens (including phenoxy) is 1. The largest absolute Gasteiger partial charge is 0.483 e. The number of hydrogen-bond acceptors (Lipinski definition) is 4.